The molecule has 0 bridgehead atoms. The molecule has 0 saturated carbocycles. The smallest absolute Gasteiger partial charge is 0.345 e. The minimum absolute atomic E-state index is 0.132. The van der Waals surface area contributed by atoms with Crippen LogP contribution in [0.25, 0.3) is 0 Å². The Morgan fingerprint density at radius 3 is 2.53 bits per heavy atom. The molecule has 0 aliphatic heterocycles. The van der Waals surface area contributed by atoms with Crippen LogP contribution in [0.2, 0.25) is 0 Å². The third-order valence-electron chi connectivity index (χ3n) is 1.78. The summed E-state index contributed by atoms with van der Waals surface area (Å²) in [6.07, 6.45) is -1.81. The summed E-state index contributed by atoms with van der Waals surface area (Å²) in [7, 11) is 0. The van der Waals surface area contributed by atoms with E-state index >= 15 is 0 Å². The molecule has 1 atom stereocenters. The van der Waals surface area contributed by atoms with Gasteiger partial charge in [-0.05, 0) is 29.8 Å². The summed E-state index contributed by atoms with van der Waals surface area (Å²) in [5, 5.41) is 2.66. The van der Waals surface area contributed by atoms with E-state index < -0.39 is 12.1 Å². The molecule has 0 heterocycles. The predicted molar refractivity (Wildman–Crippen MR) is 52.4 cm³/mol. The molecule has 0 aromatic heterocycles. The third kappa shape index (κ3) is 2.83. The van der Waals surface area contributed by atoms with E-state index in [0.717, 1.165) is 0 Å². The fourth-order valence-electron chi connectivity index (χ4n) is 1.06. The molecule has 1 aromatic carbocycles. The maximum Gasteiger partial charge on any atom is 0.345 e. The Balaban J connectivity index is 2.77. The van der Waals surface area contributed by atoms with E-state index in [1.54, 1.807) is 6.92 Å². The van der Waals surface area contributed by atoms with Gasteiger partial charge in [0.25, 0.3) is 0 Å². The van der Waals surface area contributed by atoms with Crippen molar-refractivity contribution in [3.63, 3.8) is 0 Å². The molecule has 1 rings (SSSR count). The number of halogens is 1. The Kier molecular flexibility index (Phi) is 3.91. The summed E-state index contributed by atoms with van der Waals surface area (Å²) in [6.45, 7) is 1.73. The standard InChI is InChI=1S/C10H10FNO3/c1-2-15-10(13)9(11)7-3-5-8(12-14)6-4-7/h3-6,9H,2H2,1H3. The number of ether oxygens (including phenoxy) is 1. The summed E-state index contributed by atoms with van der Waals surface area (Å²) in [6, 6.07) is 5.35. The first-order chi connectivity index (χ1) is 7.19. The highest BCUT2D eigenvalue weighted by atomic mass is 19.1. The predicted octanol–water partition coefficient (Wildman–Crippen LogP) is 2.66. The molecule has 0 spiro atoms. The zero-order valence-corrected chi connectivity index (χ0v) is 8.14. The van der Waals surface area contributed by atoms with Gasteiger partial charge < -0.3 is 4.74 Å². The van der Waals surface area contributed by atoms with Crippen molar-refractivity contribution in [1.82, 2.24) is 0 Å². The molecular formula is C10H10FNO3. The second kappa shape index (κ2) is 5.19. The zero-order valence-electron chi connectivity index (χ0n) is 8.14. The summed E-state index contributed by atoms with van der Waals surface area (Å²) in [5.74, 6) is -0.927. The quantitative estimate of drug-likeness (QED) is 0.568. The summed E-state index contributed by atoms with van der Waals surface area (Å²) in [5.41, 5.74) is 0.343. The highest BCUT2D eigenvalue weighted by Crippen LogP contribution is 2.21. The van der Waals surface area contributed by atoms with Crippen LogP contribution in [0.1, 0.15) is 18.7 Å². The molecule has 1 aromatic rings. The number of carbonyl (C=O) groups is 1. The molecule has 15 heavy (non-hydrogen) atoms. The number of rotatable bonds is 4. The van der Waals surface area contributed by atoms with Crippen LogP contribution in [-0.4, -0.2) is 12.6 Å². The maximum atomic E-state index is 13.4. The lowest BCUT2D eigenvalue weighted by atomic mass is 10.1. The van der Waals surface area contributed by atoms with Gasteiger partial charge in [0.1, 0.15) is 5.69 Å². The Hall–Kier alpha value is -1.78. The van der Waals surface area contributed by atoms with Gasteiger partial charge in [-0.15, -0.1) is 4.91 Å². The van der Waals surface area contributed by atoms with Crippen molar-refractivity contribution >= 4 is 11.7 Å². The molecule has 1 unspecified atom stereocenters. The van der Waals surface area contributed by atoms with Crippen LogP contribution in [0.15, 0.2) is 29.4 Å². The van der Waals surface area contributed by atoms with Gasteiger partial charge in [-0.1, -0.05) is 12.1 Å². The van der Waals surface area contributed by atoms with E-state index in [2.05, 4.69) is 9.91 Å². The first-order valence-corrected chi connectivity index (χ1v) is 4.43. The number of benzene rings is 1. The van der Waals surface area contributed by atoms with Crippen LogP contribution in [-0.2, 0) is 9.53 Å². The van der Waals surface area contributed by atoms with Gasteiger partial charge in [-0.3, -0.25) is 0 Å². The fraction of sp³-hybridized carbons (Fsp3) is 0.300. The average Bonchev–Trinajstić information content (AvgIpc) is 2.28. The number of nitrogens with zero attached hydrogens (tertiary/aromatic N) is 1. The molecule has 0 radical (unpaired) electrons. The van der Waals surface area contributed by atoms with Crippen LogP contribution in [0.5, 0.6) is 0 Å². The lowest BCUT2D eigenvalue weighted by Crippen LogP contribution is -2.11. The topological polar surface area (TPSA) is 55.7 Å². The van der Waals surface area contributed by atoms with Gasteiger partial charge in [0, 0.05) is 0 Å². The van der Waals surface area contributed by atoms with E-state index in [-0.39, 0.29) is 17.9 Å². The van der Waals surface area contributed by atoms with Crippen molar-refractivity contribution in [2.45, 2.75) is 13.1 Å². The average molecular weight is 211 g/mol. The molecule has 80 valence electrons. The monoisotopic (exact) mass is 211 g/mol. The van der Waals surface area contributed by atoms with E-state index in [4.69, 9.17) is 0 Å². The van der Waals surface area contributed by atoms with Gasteiger partial charge in [-0.25, -0.2) is 9.18 Å². The largest absolute Gasteiger partial charge is 0.464 e. The Morgan fingerprint density at radius 2 is 2.07 bits per heavy atom. The Bertz CT molecular complexity index is 350. The molecule has 0 saturated heterocycles. The van der Waals surface area contributed by atoms with Crippen molar-refractivity contribution in [3.05, 3.63) is 34.7 Å². The van der Waals surface area contributed by atoms with Crippen LogP contribution >= 0.6 is 0 Å². The molecule has 0 fully saturated rings. The molecule has 4 nitrogen and oxygen atoms in total. The molecule has 0 N–H and O–H groups in total. The number of esters is 1. The van der Waals surface area contributed by atoms with E-state index in [1.807, 2.05) is 0 Å². The van der Waals surface area contributed by atoms with Crippen molar-refractivity contribution in [2.24, 2.45) is 5.18 Å². The Morgan fingerprint density at radius 1 is 1.47 bits per heavy atom. The van der Waals surface area contributed by atoms with Crippen LogP contribution < -0.4 is 0 Å². The second-order valence-electron chi connectivity index (χ2n) is 2.80. The van der Waals surface area contributed by atoms with Crippen molar-refractivity contribution in [3.8, 4) is 0 Å². The van der Waals surface area contributed by atoms with Crippen LogP contribution in [0.3, 0.4) is 0 Å². The SMILES string of the molecule is CCOC(=O)C(F)c1ccc(N=O)cc1. The summed E-state index contributed by atoms with van der Waals surface area (Å²) < 4.78 is 17.9. The molecular weight excluding hydrogens is 201 g/mol. The summed E-state index contributed by atoms with van der Waals surface area (Å²) >= 11 is 0. The lowest BCUT2D eigenvalue weighted by Gasteiger charge is -2.07. The van der Waals surface area contributed by atoms with E-state index in [1.165, 1.54) is 24.3 Å². The highest BCUT2D eigenvalue weighted by molar-refractivity contribution is 5.76. The van der Waals surface area contributed by atoms with Gasteiger partial charge in [0.2, 0.25) is 6.17 Å². The number of carbonyl (C=O) groups excluding carboxylic acids is 1. The molecule has 0 amide bonds. The molecule has 0 aliphatic carbocycles. The van der Waals surface area contributed by atoms with E-state index in [0.29, 0.717) is 0 Å². The van der Waals surface area contributed by atoms with Gasteiger partial charge in [0.05, 0.1) is 6.61 Å². The second-order valence-corrected chi connectivity index (χ2v) is 2.80. The number of alkyl halides is 1. The number of hydrogen-bond donors (Lipinski definition) is 0. The van der Waals surface area contributed by atoms with Crippen molar-refractivity contribution in [2.75, 3.05) is 6.61 Å². The van der Waals surface area contributed by atoms with E-state index in [9.17, 15) is 14.1 Å². The van der Waals surface area contributed by atoms with Crippen molar-refractivity contribution in [1.29, 1.82) is 0 Å². The van der Waals surface area contributed by atoms with Gasteiger partial charge in [-0.2, -0.15) is 0 Å². The fourth-order valence-corrected chi connectivity index (χ4v) is 1.06. The van der Waals surface area contributed by atoms with Crippen LogP contribution in [0.4, 0.5) is 10.1 Å². The zero-order chi connectivity index (χ0) is 11.3. The lowest BCUT2D eigenvalue weighted by molar-refractivity contribution is -0.149. The Labute approximate surface area is 86.0 Å². The van der Waals surface area contributed by atoms with Gasteiger partial charge in [0.15, 0.2) is 0 Å². The minimum atomic E-state index is -1.81. The normalized spacial score (nSPS) is 11.9. The number of nitroso groups, excluding NO2 is 1. The minimum Gasteiger partial charge on any atom is -0.464 e. The third-order valence-corrected chi connectivity index (χ3v) is 1.78. The maximum absolute atomic E-state index is 13.4. The van der Waals surface area contributed by atoms with Crippen LogP contribution in [0, 0.1) is 4.91 Å². The first kappa shape index (κ1) is 11.3. The number of hydrogen-bond acceptors (Lipinski definition) is 4. The molecule has 0 aliphatic rings. The highest BCUT2D eigenvalue weighted by Gasteiger charge is 2.20. The molecule has 5 heteroatoms. The first-order valence-electron chi connectivity index (χ1n) is 4.43. The van der Waals surface area contributed by atoms with Crippen molar-refractivity contribution < 1.29 is 13.9 Å². The van der Waals surface area contributed by atoms with Gasteiger partial charge >= 0.3 is 5.97 Å². The summed E-state index contributed by atoms with van der Waals surface area (Å²) in [4.78, 5) is 21.1.